The van der Waals surface area contributed by atoms with Crippen molar-refractivity contribution in [2.75, 3.05) is 26.3 Å². The Morgan fingerprint density at radius 1 is 1.03 bits per heavy atom. The van der Waals surface area contributed by atoms with Gasteiger partial charge in [-0.15, -0.1) is 0 Å². The minimum atomic E-state index is -3.85. The number of H-pyrrole nitrogens is 1. The smallest absolute Gasteiger partial charge is 0.240 e. The van der Waals surface area contributed by atoms with Crippen LogP contribution in [-0.2, 0) is 19.4 Å². The summed E-state index contributed by atoms with van der Waals surface area (Å²) in [6.07, 6.45) is 6.27. The number of nitrogens with zero attached hydrogens (tertiary/aromatic N) is 4. The molecule has 1 aromatic carbocycles. The molecule has 1 N–H and O–H groups in total. The topological polar surface area (TPSA) is 110 Å². The van der Waals surface area contributed by atoms with Crippen molar-refractivity contribution in [3.8, 4) is 0 Å². The highest BCUT2D eigenvalue weighted by Gasteiger charge is 2.35. The number of sulfone groups is 1. The molecule has 1 saturated heterocycles. The number of pyridine rings is 1. The lowest BCUT2D eigenvalue weighted by atomic mass is 9.85. The Hall–Kier alpha value is -3.24. The molecule has 0 atom stereocenters. The molecule has 9 nitrogen and oxygen atoms in total. The Kier molecular flexibility index (Phi) is 5.57. The van der Waals surface area contributed by atoms with Crippen LogP contribution in [0.25, 0.3) is 22.1 Å². The van der Waals surface area contributed by atoms with Crippen molar-refractivity contribution in [2.24, 2.45) is 5.92 Å². The van der Waals surface area contributed by atoms with Gasteiger partial charge in [-0.1, -0.05) is 18.2 Å². The fourth-order valence-electron chi connectivity index (χ4n) is 5.43. The van der Waals surface area contributed by atoms with Gasteiger partial charge in [0.25, 0.3) is 0 Å². The molecule has 0 bridgehead atoms. The molecule has 1 aliphatic carbocycles. The predicted octanol–water partition coefficient (Wildman–Crippen LogP) is 3.34. The van der Waals surface area contributed by atoms with Crippen molar-refractivity contribution in [3.05, 3.63) is 48.8 Å². The quantitative estimate of drug-likeness (QED) is 0.467. The maximum Gasteiger partial charge on any atom is 0.240 e. The molecule has 182 valence electrons. The lowest BCUT2D eigenvalue weighted by Crippen LogP contribution is -2.44. The number of benzene rings is 1. The van der Waals surface area contributed by atoms with E-state index in [0.29, 0.717) is 63.2 Å². The van der Waals surface area contributed by atoms with Gasteiger partial charge in [-0.05, 0) is 43.9 Å². The van der Waals surface area contributed by atoms with Gasteiger partial charge in [-0.2, -0.15) is 0 Å². The number of amides is 1. The van der Waals surface area contributed by atoms with Crippen LogP contribution >= 0.6 is 0 Å². The van der Waals surface area contributed by atoms with E-state index in [2.05, 4.69) is 15.0 Å². The molecule has 0 unspecified atom stereocenters. The average molecular weight is 494 g/mol. The van der Waals surface area contributed by atoms with Crippen LogP contribution in [0.5, 0.6) is 0 Å². The first-order valence-electron chi connectivity index (χ1n) is 12.0. The molecule has 6 rings (SSSR count). The number of aromatic nitrogens is 4. The monoisotopic (exact) mass is 493 g/mol. The fraction of sp³-hybridized carbons (Fsp3) is 0.400. The van der Waals surface area contributed by atoms with E-state index in [0.717, 1.165) is 10.9 Å². The molecular formula is C25H27N5O4S. The van der Waals surface area contributed by atoms with Gasteiger partial charge in [-0.25, -0.2) is 18.4 Å². The average Bonchev–Trinajstić information content (AvgIpc) is 3.54. The predicted molar refractivity (Wildman–Crippen MR) is 130 cm³/mol. The third kappa shape index (κ3) is 3.81. The minimum Gasteiger partial charge on any atom is -0.378 e. The van der Waals surface area contributed by atoms with E-state index in [4.69, 9.17) is 4.74 Å². The number of hydrogen-bond acceptors (Lipinski definition) is 6. The normalized spacial score (nSPS) is 21.5. The highest BCUT2D eigenvalue weighted by atomic mass is 32.2. The number of ether oxygens (including phenoxy) is 1. The van der Waals surface area contributed by atoms with E-state index in [-0.39, 0.29) is 27.9 Å². The summed E-state index contributed by atoms with van der Waals surface area (Å²) >= 11 is 0. The van der Waals surface area contributed by atoms with Crippen molar-refractivity contribution >= 4 is 37.8 Å². The third-order valence-electron chi connectivity index (χ3n) is 7.23. The van der Waals surface area contributed by atoms with E-state index >= 15 is 0 Å². The summed E-state index contributed by atoms with van der Waals surface area (Å²) in [5.41, 5.74) is 2.02. The second kappa shape index (κ2) is 8.76. The first-order chi connectivity index (χ1) is 17.0. The Morgan fingerprint density at radius 2 is 1.77 bits per heavy atom. The van der Waals surface area contributed by atoms with Crippen LogP contribution in [0, 0.1) is 5.92 Å². The minimum absolute atomic E-state index is 0.0390. The number of morpholine rings is 1. The zero-order chi connectivity index (χ0) is 24.0. The fourth-order valence-corrected chi connectivity index (χ4v) is 6.87. The van der Waals surface area contributed by atoms with E-state index in [1.54, 1.807) is 42.7 Å². The van der Waals surface area contributed by atoms with Crippen LogP contribution in [0.3, 0.4) is 0 Å². The maximum absolute atomic E-state index is 13.7. The van der Waals surface area contributed by atoms with Gasteiger partial charge in [0.05, 0.1) is 29.8 Å². The number of rotatable bonds is 4. The van der Waals surface area contributed by atoms with Gasteiger partial charge in [0.1, 0.15) is 11.2 Å². The Morgan fingerprint density at radius 3 is 2.51 bits per heavy atom. The van der Waals surface area contributed by atoms with Crippen LogP contribution in [0.1, 0.15) is 31.7 Å². The zero-order valence-electron chi connectivity index (χ0n) is 19.3. The van der Waals surface area contributed by atoms with Crippen molar-refractivity contribution < 1.29 is 17.9 Å². The number of aromatic amines is 1. The standard InChI is InChI=1S/C25H27N5O4S/c31-24(29-12-14-34-15-13-29)17-6-8-18(9-7-17)30-22-20-10-11-26-23(20)27-16-21(22)28-25(30)35(32,33)19-4-2-1-3-5-19/h1-5,10-11,16-18H,6-9,12-15H2,(H,26,27). The maximum atomic E-state index is 13.7. The number of carbonyl (C=O) groups is 1. The Bertz CT molecular complexity index is 1480. The van der Waals surface area contributed by atoms with Crippen molar-refractivity contribution in [1.29, 1.82) is 0 Å². The first-order valence-corrected chi connectivity index (χ1v) is 13.5. The highest BCUT2D eigenvalue weighted by molar-refractivity contribution is 7.91. The largest absolute Gasteiger partial charge is 0.378 e. The van der Waals surface area contributed by atoms with Crippen LogP contribution in [0.15, 0.2) is 58.8 Å². The van der Waals surface area contributed by atoms with Crippen LogP contribution in [-0.4, -0.2) is 65.0 Å². The Labute approximate surface area is 203 Å². The summed E-state index contributed by atoms with van der Waals surface area (Å²) in [7, 11) is -3.85. The molecular weight excluding hydrogens is 466 g/mol. The van der Waals surface area contributed by atoms with Crippen molar-refractivity contribution in [2.45, 2.75) is 41.8 Å². The summed E-state index contributed by atoms with van der Waals surface area (Å²) in [6.45, 7) is 2.46. The van der Waals surface area contributed by atoms with Gasteiger partial charge in [-0.3, -0.25) is 4.79 Å². The van der Waals surface area contributed by atoms with Crippen LogP contribution < -0.4 is 0 Å². The van der Waals surface area contributed by atoms with Gasteiger partial charge in [0.15, 0.2) is 0 Å². The molecule has 1 aliphatic heterocycles. The third-order valence-corrected chi connectivity index (χ3v) is 8.89. The number of hydrogen-bond donors (Lipinski definition) is 1. The van der Waals surface area contributed by atoms with Gasteiger partial charge in [0, 0.05) is 36.6 Å². The second-order valence-electron chi connectivity index (χ2n) is 9.26. The number of nitrogens with one attached hydrogen (secondary N) is 1. The molecule has 35 heavy (non-hydrogen) atoms. The number of carbonyl (C=O) groups excluding carboxylic acids is 1. The number of imidazole rings is 1. The molecule has 4 heterocycles. The molecule has 0 radical (unpaired) electrons. The van der Waals surface area contributed by atoms with Crippen LogP contribution in [0.2, 0.25) is 0 Å². The molecule has 1 saturated carbocycles. The van der Waals surface area contributed by atoms with Crippen molar-refractivity contribution in [1.82, 2.24) is 24.4 Å². The highest BCUT2D eigenvalue weighted by Crippen LogP contribution is 2.39. The second-order valence-corrected chi connectivity index (χ2v) is 11.1. The van der Waals surface area contributed by atoms with E-state index in [9.17, 15) is 13.2 Å². The van der Waals surface area contributed by atoms with Gasteiger partial charge in [0.2, 0.25) is 20.9 Å². The Balaban J connectivity index is 1.40. The molecule has 2 aliphatic rings. The summed E-state index contributed by atoms with van der Waals surface area (Å²) in [4.78, 5) is 27.3. The summed E-state index contributed by atoms with van der Waals surface area (Å²) < 4.78 is 34.8. The van der Waals surface area contributed by atoms with E-state index < -0.39 is 9.84 Å². The van der Waals surface area contributed by atoms with Gasteiger partial charge >= 0.3 is 0 Å². The lowest BCUT2D eigenvalue weighted by molar-refractivity contribution is -0.140. The molecule has 0 spiro atoms. The lowest BCUT2D eigenvalue weighted by Gasteiger charge is -2.34. The molecule has 4 aromatic rings. The summed E-state index contributed by atoms with van der Waals surface area (Å²) in [5.74, 6) is 0.152. The summed E-state index contributed by atoms with van der Waals surface area (Å²) in [6, 6.07) is 10.3. The van der Waals surface area contributed by atoms with Crippen LogP contribution in [0.4, 0.5) is 0 Å². The molecule has 2 fully saturated rings. The number of fused-ring (bicyclic) bond motifs is 3. The van der Waals surface area contributed by atoms with Gasteiger partial charge < -0.3 is 19.2 Å². The van der Waals surface area contributed by atoms with E-state index in [1.807, 2.05) is 15.5 Å². The van der Waals surface area contributed by atoms with E-state index in [1.165, 1.54) is 0 Å². The first kappa shape index (κ1) is 22.2. The summed E-state index contributed by atoms with van der Waals surface area (Å²) in [5, 5.41) is 0.883. The molecule has 10 heteroatoms. The molecule has 1 amide bonds. The van der Waals surface area contributed by atoms with Crippen molar-refractivity contribution in [3.63, 3.8) is 0 Å². The molecule has 3 aromatic heterocycles. The SMILES string of the molecule is O=C(C1CCC(n2c(S(=O)(=O)c3ccccc3)nc3cnc4[nH]ccc4c32)CC1)N1CCOCC1. The zero-order valence-corrected chi connectivity index (χ0v) is 20.1.